The third kappa shape index (κ3) is 3.92. The van der Waals surface area contributed by atoms with E-state index in [4.69, 9.17) is 4.42 Å². The Bertz CT molecular complexity index is 931. The van der Waals surface area contributed by atoms with Crippen molar-refractivity contribution in [2.24, 2.45) is 0 Å². The minimum Gasteiger partial charge on any atom is -0.459 e. The van der Waals surface area contributed by atoms with Gasteiger partial charge < -0.3 is 9.73 Å². The molecule has 0 aromatic carbocycles. The van der Waals surface area contributed by atoms with Gasteiger partial charge in [-0.1, -0.05) is 0 Å². The summed E-state index contributed by atoms with van der Waals surface area (Å²) < 4.78 is 5.68. The summed E-state index contributed by atoms with van der Waals surface area (Å²) in [5, 5.41) is 14.2. The van der Waals surface area contributed by atoms with Crippen molar-refractivity contribution in [2.75, 3.05) is 10.7 Å². The van der Waals surface area contributed by atoms with Gasteiger partial charge in [-0.25, -0.2) is 15.0 Å². The van der Waals surface area contributed by atoms with Crippen molar-refractivity contribution in [2.45, 2.75) is 0 Å². The van der Waals surface area contributed by atoms with E-state index in [1.807, 2.05) is 0 Å². The zero-order valence-electron chi connectivity index (χ0n) is 12.8. The van der Waals surface area contributed by atoms with Crippen LogP contribution < -0.4 is 16.2 Å². The molecule has 26 heavy (non-hydrogen) atoms. The summed E-state index contributed by atoms with van der Waals surface area (Å²) in [7, 11) is 0. The van der Waals surface area contributed by atoms with E-state index in [0.29, 0.717) is 5.82 Å². The molecule has 1 amide bonds. The molecule has 0 fully saturated rings. The number of rotatable bonds is 6. The van der Waals surface area contributed by atoms with Crippen LogP contribution >= 0.6 is 15.9 Å². The van der Waals surface area contributed by atoms with E-state index in [-0.39, 0.29) is 17.4 Å². The van der Waals surface area contributed by atoms with E-state index in [9.17, 15) is 14.9 Å². The lowest BCUT2D eigenvalue weighted by Gasteiger charge is -2.10. The van der Waals surface area contributed by atoms with E-state index in [2.05, 4.69) is 47.1 Å². The summed E-state index contributed by atoms with van der Waals surface area (Å²) in [6.07, 6.45) is 3.96. The summed E-state index contributed by atoms with van der Waals surface area (Å²) in [6, 6.07) is 6.31. The normalized spacial score (nSPS) is 10.2. The van der Waals surface area contributed by atoms with Gasteiger partial charge in [0.25, 0.3) is 0 Å². The van der Waals surface area contributed by atoms with Crippen LogP contribution in [0.1, 0.15) is 10.6 Å². The molecule has 0 atom stereocenters. The Morgan fingerprint density at radius 1 is 1.19 bits per heavy atom. The smallest absolute Gasteiger partial charge is 0.355 e. The average molecular weight is 420 g/mol. The predicted molar refractivity (Wildman–Crippen MR) is 93.7 cm³/mol. The molecule has 0 saturated heterocycles. The predicted octanol–water partition coefficient (Wildman–Crippen LogP) is 2.64. The van der Waals surface area contributed by atoms with Gasteiger partial charge in [0.05, 0.1) is 11.2 Å². The Kier molecular flexibility index (Phi) is 5.03. The third-order valence-corrected chi connectivity index (χ3v) is 3.49. The van der Waals surface area contributed by atoms with Crippen LogP contribution in [-0.2, 0) is 0 Å². The molecular weight excluding hydrogens is 410 g/mol. The SMILES string of the molecule is O=C(NNc1ncnc(Nc2ccc(Br)cn2)c1[N+](=O)[O-])c1ccco1. The topological polar surface area (TPSA) is 148 Å². The van der Waals surface area contributed by atoms with Crippen LogP contribution in [0.15, 0.2) is 51.9 Å². The fraction of sp³-hybridized carbons (Fsp3) is 0. The van der Waals surface area contributed by atoms with Crippen LogP contribution in [0.4, 0.5) is 23.1 Å². The number of aromatic nitrogens is 3. The monoisotopic (exact) mass is 419 g/mol. The Labute approximate surface area is 154 Å². The molecule has 0 aliphatic carbocycles. The van der Waals surface area contributed by atoms with E-state index >= 15 is 0 Å². The maximum Gasteiger partial charge on any atom is 0.355 e. The van der Waals surface area contributed by atoms with E-state index in [1.165, 1.54) is 24.6 Å². The maximum atomic E-state index is 11.9. The average Bonchev–Trinajstić information content (AvgIpc) is 3.16. The van der Waals surface area contributed by atoms with Gasteiger partial charge in [-0.15, -0.1) is 0 Å². The van der Waals surface area contributed by atoms with Crippen LogP contribution in [0, 0.1) is 10.1 Å². The lowest BCUT2D eigenvalue weighted by atomic mass is 10.4. The first-order chi connectivity index (χ1) is 12.5. The van der Waals surface area contributed by atoms with Gasteiger partial charge >= 0.3 is 11.6 Å². The molecule has 3 aromatic heterocycles. The molecule has 0 aliphatic heterocycles. The Morgan fingerprint density at radius 3 is 2.65 bits per heavy atom. The Morgan fingerprint density at radius 2 is 2.00 bits per heavy atom. The lowest BCUT2D eigenvalue weighted by molar-refractivity contribution is -0.383. The number of nitrogens with zero attached hydrogens (tertiary/aromatic N) is 4. The van der Waals surface area contributed by atoms with Gasteiger partial charge in [0.2, 0.25) is 11.6 Å². The molecule has 11 nitrogen and oxygen atoms in total. The minimum atomic E-state index is -0.678. The highest BCUT2D eigenvalue weighted by Crippen LogP contribution is 2.30. The van der Waals surface area contributed by atoms with E-state index < -0.39 is 16.5 Å². The van der Waals surface area contributed by atoms with Crippen molar-refractivity contribution in [1.82, 2.24) is 20.4 Å². The first-order valence-electron chi connectivity index (χ1n) is 7.02. The molecule has 12 heteroatoms. The summed E-state index contributed by atoms with van der Waals surface area (Å²) in [6.45, 7) is 0. The number of nitro groups is 1. The van der Waals surface area contributed by atoms with Gasteiger partial charge in [-0.3, -0.25) is 25.8 Å². The molecule has 0 unspecified atom stereocenters. The number of halogens is 1. The maximum absolute atomic E-state index is 11.9. The van der Waals surface area contributed by atoms with E-state index in [0.717, 1.165) is 10.8 Å². The highest BCUT2D eigenvalue weighted by Gasteiger charge is 2.24. The molecule has 3 N–H and O–H groups in total. The quantitative estimate of drug-likeness (QED) is 0.404. The molecule has 0 bridgehead atoms. The molecule has 0 spiro atoms. The van der Waals surface area contributed by atoms with Gasteiger partial charge in [0.1, 0.15) is 12.1 Å². The zero-order valence-corrected chi connectivity index (χ0v) is 14.4. The second-order valence-electron chi connectivity index (χ2n) is 4.72. The fourth-order valence-electron chi connectivity index (χ4n) is 1.89. The van der Waals surface area contributed by atoms with Crippen molar-refractivity contribution in [3.05, 3.63) is 63.4 Å². The van der Waals surface area contributed by atoms with Crippen LogP contribution in [-0.4, -0.2) is 25.8 Å². The minimum absolute atomic E-state index is 0.0339. The fourth-order valence-corrected chi connectivity index (χ4v) is 2.13. The number of amides is 1. The number of pyridine rings is 1. The Hall–Kier alpha value is -3.54. The first kappa shape index (κ1) is 17.3. The molecule has 3 heterocycles. The number of carbonyl (C=O) groups excluding carboxylic acids is 1. The number of hydrazine groups is 1. The molecule has 0 radical (unpaired) electrons. The molecule has 0 saturated carbocycles. The molecule has 132 valence electrons. The van der Waals surface area contributed by atoms with Gasteiger partial charge in [0, 0.05) is 10.7 Å². The Balaban J connectivity index is 1.82. The lowest BCUT2D eigenvalue weighted by Crippen LogP contribution is -2.30. The van der Waals surface area contributed by atoms with Crippen molar-refractivity contribution < 1.29 is 14.1 Å². The molecule has 3 rings (SSSR count). The molecular formula is C14H10BrN7O4. The van der Waals surface area contributed by atoms with Crippen LogP contribution in [0.25, 0.3) is 0 Å². The van der Waals surface area contributed by atoms with Crippen LogP contribution in [0.3, 0.4) is 0 Å². The standard InChI is InChI=1S/C14H10BrN7O4/c15-8-3-4-10(16-6-8)19-12-11(22(24)25)13(18-7-17-12)20-21-14(23)9-2-1-5-26-9/h1-7H,(H,21,23)(H2,16,17,18,19,20). The van der Waals surface area contributed by atoms with Crippen molar-refractivity contribution >= 4 is 45.0 Å². The zero-order chi connectivity index (χ0) is 18.5. The summed E-state index contributed by atoms with van der Waals surface area (Å²) in [5.74, 6) is -0.529. The first-order valence-corrected chi connectivity index (χ1v) is 7.81. The second kappa shape index (κ2) is 7.57. The summed E-state index contributed by atoms with van der Waals surface area (Å²) >= 11 is 3.25. The van der Waals surface area contributed by atoms with Crippen molar-refractivity contribution in [3.63, 3.8) is 0 Å². The molecule has 3 aromatic rings. The van der Waals surface area contributed by atoms with Crippen LogP contribution in [0.5, 0.6) is 0 Å². The third-order valence-electron chi connectivity index (χ3n) is 3.02. The number of anilines is 3. The van der Waals surface area contributed by atoms with Crippen LogP contribution in [0.2, 0.25) is 0 Å². The van der Waals surface area contributed by atoms with Crippen molar-refractivity contribution in [3.8, 4) is 0 Å². The summed E-state index contributed by atoms with van der Waals surface area (Å²) in [4.78, 5) is 34.4. The number of carbonyl (C=O) groups is 1. The van der Waals surface area contributed by atoms with Gasteiger partial charge in [-0.05, 0) is 40.2 Å². The number of hydrogen-bond donors (Lipinski definition) is 3. The highest BCUT2D eigenvalue weighted by molar-refractivity contribution is 9.10. The van der Waals surface area contributed by atoms with E-state index in [1.54, 1.807) is 12.1 Å². The summed E-state index contributed by atoms with van der Waals surface area (Å²) in [5.41, 5.74) is 4.20. The number of nitrogens with one attached hydrogen (secondary N) is 3. The number of hydrogen-bond acceptors (Lipinski definition) is 9. The van der Waals surface area contributed by atoms with Gasteiger partial charge in [0.15, 0.2) is 5.76 Å². The largest absolute Gasteiger partial charge is 0.459 e. The number of furan rings is 1. The van der Waals surface area contributed by atoms with Crippen molar-refractivity contribution in [1.29, 1.82) is 0 Å². The van der Waals surface area contributed by atoms with Gasteiger partial charge in [-0.2, -0.15) is 0 Å². The molecule has 0 aliphatic rings. The second-order valence-corrected chi connectivity index (χ2v) is 5.64. The highest BCUT2D eigenvalue weighted by atomic mass is 79.9.